The van der Waals surface area contributed by atoms with E-state index in [0.29, 0.717) is 38.2 Å². The van der Waals surface area contributed by atoms with Gasteiger partial charge in [0.2, 0.25) is 5.91 Å². The van der Waals surface area contributed by atoms with E-state index >= 15 is 0 Å². The zero-order chi connectivity index (χ0) is 19.6. The minimum absolute atomic E-state index is 0.0493. The maximum Gasteiger partial charge on any atom is 0.224 e. The molecular formula is C21H29N3O3. The van der Waals surface area contributed by atoms with Gasteiger partial charge < -0.3 is 14.7 Å². The van der Waals surface area contributed by atoms with E-state index in [9.17, 15) is 9.90 Å². The first kappa shape index (κ1) is 19.4. The Morgan fingerprint density at radius 3 is 2.70 bits per heavy atom. The largest absolute Gasteiger partial charge is 0.496 e. The summed E-state index contributed by atoms with van der Waals surface area (Å²) in [6, 6.07) is 7.50. The second kappa shape index (κ2) is 7.72. The molecule has 0 bridgehead atoms. The molecule has 2 aromatic rings. The van der Waals surface area contributed by atoms with Crippen molar-refractivity contribution in [1.29, 1.82) is 0 Å². The molecule has 1 aromatic heterocycles. The Kier molecular flexibility index (Phi) is 5.56. The molecule has 1 atom stereocenters. The zero-order valence-electron chi connectivity index (χ0n) is 16.7. The second-order valence-electron chi connectivity index (χ2n) is 7.42. The summed E-state index contributed by atoms with van der Waals surface area (Å²) in [5, 5.41) is 15.8. The van der Waals surface area contributed by atoms with Gasteiger partial charge in [0.15, 0.2) is 0 Å². The molecule has 0 saturated carbocycles. The average Bonchev–Trinajstić information content (AvgIpc) is 2.92. The first-order valence-electron chi connectivity index (χ1n) is 9.50. The molecule has 1 N–H and O–H groups in total. The molecular weight excluding hydrogens is 342 g/mol. The summed E-state index contributed by atoms with van der Waals surface area (Å²) >= 11 is 0. The summed E-state index contributed by atoms with van der Waals surface area (Å²) < 4.78 is 7.32. The van der Waals surface area contributed by atoms with E-state index in [4.69, 9.17) is 4.74 Å². The van der Waals surface area contributed by atoms with Crippen LogP contribution in [-0.4, -0.2) is 45.9 Å². The summed E-state index contributed by atoms with van der Waals surface area (Å²) in [6.45, 7) is 7.59. The summed E-state index contributed by atoms with van der Waals surface area (Å²) in [5.41, 5.74) is 2.95. The number of β-amino-alcohol motifs (C(OH)–C–C–N with tert-alkyl or cyclic N) is 1. The zero-order valence-corrected chi connectivity index (χ0v) is 16.7. The number of para-hydroxylation sites is 1. The van der Waals surface area contributed by atoms with E-state index in [2.05, 4.69) is 5.10 Å². The smallest absolute Gasteiger partial charge is 0.224 e. The lowest BCUT2D eigenvalue weighted by molar-refractivity contribution is -0.139. The minimum Gasteiger partial charge on any atom is -0.496 e. The number of aliphatic hydroxyl groups is 1. The van der Waals surface area contributed by atoms with Crippen molar-refractivity contribution < 1.29 is 14.6 Å². The van der Waals surface area contributed by atoms with Crippen molar-refractivity contribution in [2.24, 2.45) is 0 Å². The highest BCUT2D eigenvalue weighted by molar-refractivity contribution is 5.76. The summed E-state index contributed by atoms with van der Waals surface area (Å²) in [6.07, 6.45) is 1.76. The number of rotatable bonds is 5. The van der Waals surface area contributed by atoms with E-state index in [0.717, 1.165) is 23.4 Å². The molecule has 1 unspecified atom stereocenters. The molecule has 2 heterocycles. The van der Waals surface area contributed by atoms with Gasteiger partial charge in [-0.1, -0.05) is 18.2 Å². The van der Waals surface area contributed by atoms with Crippen molar-refractivity contribution in [2.75, 3.05) is 20.2 Å². The molecule has 6 heteroatoms. The predicted octanol–water partition coefficient (Wildman–Crippen LogP) is 2.72. The van der Waals surface area contributed by atoms with Gasteiger partial charge >= 0.3 is 0 Å². The third-order valence-corrected chi connectivity index (χ3v) is 5.71. The molecule has 0 radical (unpaired) electrons. The van der Waals surface area contributed by atoms with Gasteiger partial charge in [0.05, 0.1) is 19.3 Å². The first-order chi connectivity index (χ1) is 12.9. The number of carbonyl (C=O) groups is 1. The van der Waals surface area contributed by atoms with Crippen molar-refractivity contribution >= 4 is 5.91 Å². The summed E-state index contributed by atoms with van der Waals surface area (Å²) in [5.74, 6) is 0.709. The number of methoxy groups -OCH3 is 1. The van der Waals surface area contributed by atoms with Crippen molar-refractivity contribution in [3.05, 3.63) is 46.8 Å². The predicted molar refractivity (Wildman–Crippen MR) is 104 cm³/mol. The van der Waals surface area contributed by atoms with Crippen molar-refractivity contribution in [3.8, 4) is 5.75 Å². The Morgan fingerprint density at radius 2 is 2.04 bits per heavy atom. The maximum absolute atomic E-state index is 12.8. The van der Waals surface area contributed by atoms with Crippen molar-refractivity contribution in [1.82, 2.24) is 14.7 Å². The van der Waals surface area contributed by atoms with Crippen LogP contribution in [0.3, 0.4) is 0 Å². The Hall–Kier alpha value is -2.34. The third-order valence-electron chi connectivity index (χ3n) is 5.71. The van der Waals surface area contributed by atoms with Crippen LogP contribution in [0.4, 0.5) is 0 Å². The Balaban J connectivity index is 1.70. The van der Waals surface area contributed by atoms with Crippen molar-refractivity contribution in [2.45, 2.75) is 52.2 Å². The van der Waals surface area contributed by atoms with E-state index < -0.39 is 5.60 Å². The molecule has 1 aliphatic rings. The molecule has 146 valence electrons. The number of aromatic nitrogens is 2. The van der Waals surface area contributed by atoms with Crippen LogP contribution in [0.25, 0.3) is 0 Å². The lowest BCUT2D eigenvalue weighted by atomic mass is 9.85. The van der Waals surface area contributed by atoms with Crippen molar-refractivity contribution in [3.63, 3.8) is 0 Å². The molecule has 6 nitrogen and oxygen atoms in total. The van der Waals surface area contributed by atoms with E-state index in [-0.39, 0.29) is 5.91 Å². The summed E-state index contributed by atoms with van der Waals surface area (Å²) in [4.78, 5) is 14.6. The highest BCUT2D eigenvalue weighted by Crippen LogP contribution is 2.37. The van der Waals surface area contributed by atoms with Crippen LogP contribution < -0.4 is 4.74 Å². The molecule has 1 saturated heterocycles. The number of ether oxygens (including phenoxy) is 1. The number of benzene rings is 1. The monoisotopic (exact) mass is 371 g/mol. The number of nitrogens with zero attached hydrogens (tertiary/aromatic N) is 3. The SMILES string of the molecule is COc1ccccc1C1(O)CCCN(C(=O)CCn2nc(C)c(C)c2C)C1. The molecule has 3 rings (SSSR count). The van der Waals surface area contributed by atoms with Crippen LogP contribution in [0, 0.1) is 20.8 Å². The van der Waals surface area contributed by atoms with Gasteiger partial charge in [0.1, 0.15) is 11.4 Å². The van der Waals surface area contributed by atoms with E-state index in [1.54, 1.807) is 12.0 Å². The van der Waals surface area contributed by atoms with Gasteiger partial charge in [-0.05, 0) is 45.2 Å². The maximum atomic E-state index is 12.8. The van der Waals surface area contributed by atoms with Crippen LogP contribution in [-0.2, 0) is 16.9 Å². The van der Waals surface area contributed by atoms with Crippen LogP contribution in [0.15, 0.2) is 24.3 Å². The van der Waals surface area contributed by atoms with Gasteiger partial charge in [0.25, 0.3) is 0 Å². The normalized spacial score (nSPS) is 20.0. The quantitative estimate of drug-likeness (QED) is 0.878. The van der Waals surface area contributed by atoms with Crippen LogP contribution in [0.5, 0.6) is 5.75 Å². The van der Waals surface area contributed by atoms with Gasteiger partial charge in [-0.25, -0.2) is 0 Å². The Labute approximate surface area is 160 Å². The number of aryl methyl sites for hydroxylation is 2. The number of likely N-dealkylation sites (tertiary alicyclic amines) is 1. The minimum atomic E-state index is -1.07. The van der Waals surface area contributed by atoms with Crippen LogP contribution in [0.2, 0.25) is 0 Å². The second-order valence-corrected chi connectivity index (χ2v) is 7.42. The highest BCUT2D eigenvalue weighted by Gasteiger charge is 2.38. The molecule has 1 fully saturated rings. The number of carbonyl (C=O) groups excluding carboxylic acids is 1. The third kappa shape index (κ3) is 3.86. The fourth-order valence-electron chi connectivity index (χ4n) is 3.86. The van der Waals surface area contributed by atoms with Gasteiger partial charge in [0, 0.05) is 30.8 Å². The fourth-order valence-corrected chi connectivity index (χ4v) is 3.86. The number of hydrogen-bond donors (Lipinski definition) is 1. The molecule has 1 aliphatic heterocycles. The standard InChI is InChI=1S/C21H29N3O3/c1-15-16(2)22-24(17(15)3)13-10-20(25)23-12-7-11-21(26,14-23)18-8-5-6-9-19(18)27-4/h5-6,8-9,26H,7,10-14H2,1-4H3. The number of piperidine rings is 1. The van der Waals surface area contributed by atoms with Crippen LogP contribution in [0.1, 0.15) is 41.8 Å². The average molecular weight is 371 g/mol. The molecule has 0 spiro atoms. The molecule has 1 aromatic carbocycles. The highest BCUT2D eigenvalue weighted by atomic mass is 16.5. The van der Waals surface area contributed by atoms with Gasteiger partial charge in [-0.2, -0.15) is 5.10 Å². The number of hydrogen-bond acceptors (Lipinski definition) is 4. The topological polar surface area (TPSA) is 67.6 Å². The number of amides is 1. The lowest BCUT2D eigenvalue weighted by Crippen LogP contribution is -2.48. The van der Waals surface area contributed by atoms with Gasteiger partial charge in [-0.15, -0.1) is 0 Å². The fraction of sp³-hybridized carbons (Fsp3) is 0.524. The molecule has 27 heavy (non-hydrogen) atoms. The Bertz CT molecular complexity index is 830. The first-order valence-corrected chi connectivity index (χ1v) is 9.50. The molecule has 1 amide bonds. The van der Waals surface area contributed by atoms with Gasteiger partial charge in [-0.3, -0.25) is 9.48 Å². The Morgan fingerprint density at radius 1 is 1.30 bits per heavy atom. The molecule has 0 aliphatic carbocycles. The summed E-state index contributed by atoms with van der Waals surface area (Å²) in [7, 11) is 1.60. The lowest BCUT2D eigenvalue weighted by Gasteiger charge is -2.40. The van der Waals surface area contributed by atoms with E-state index in [1.165, 1.54) is 5.56 Å². The van der Waals surface area contributed by atoms with E-state index in [1.807, 2.05) is 49.7 Å². The van der Waals surface area contributed by atoms with Crippen LogP contribution >= 0.6 is 0 Å².